The number of carbonyl (C=O) groups is 1. The second kappa shape index (κ2) is 9.20. The summed E-state index contributed by atoms with van der Waals surface area (Å²) in [4.78, 5) is 16.7. The first-order chi connectivity index (χ1) is 16.8. The van der Waals surface area contributed by atoms with Crippen molar-refractivity contribution in [3.05, 3.63) is 87.2 Å². The molecule has 0 radical (unpaired) electrons. The Bertz CT molecular complexity index is 1580. The molecule has 0 aliphatic rings. The van der Waals surface area contributed by atoms with Crippen LogP contribution in [0, 0.1) is 5.82 Å². The largest absolute Gasteiger partial charge is 0.346 e. The van der Waals surface area contributed by atoms with E-state index in [1.54, 1.807) is 30.3 Å². The predicted molar refractivity (Wildman–Crippen MR) is 125 cm³/mol. The first-order valence-electron chi connectivity index (χ1n) is 10.3. The number of halogens is 5. The number of amides is 1. The van der Waals surface area contributed by atoms with Gasteiger partial charge < -0.3 is 5.32 Å². The number of nitrogens with zero attached hydrogens (tertiary/aromatic N) is 4. The lowest BCUT2D eigenvalue weighted by molar-refractivity contribution is 0.0936. The first-order valence-corrected chi connectivity index (χ1v) is 11.0. The van der Waals surface area contributed by atoms with Gasteiger partial charge in [-0.25, -0.2) is 13.2 Å². The molecule has 3 heterocycles. The zero-order chi connectivity index (χ0) is 24.7. The third-order valence-electron chi connectivity index (χ3n) is 5.37. The summed E-state index contributed by atoms with van der Waals surface area (Å²) < 4.78 is 42.9. The molecular formula is C23H15Cl2F3N6O. The number of hydrogen-bond acceptors (Lipinski definition) is 4. The van der Waals surface area contributed by atoms with Gasteiger partial charge in [0.2, 0.25) is 0 Å². The molecule has 1 amide bonds. The van der Waals surface area contributed by atoms with Gasteiger partial charge in [-0.15, -0.1) is 0 Å². The Hall–Kier alpha value is -3.63. The molecule has 5 aromatic rings. The van der Waals surface area contributed by atoms with Crippen LogP contribution in [0.4, 0.5) is 13.2 Å². The molecule has 0 bridgehead atoms. The molecule has 12 heteroatoms. The molecule has 0 unspecified atom stereocenters. The second-order valence-corrected chi connectivity index (χ2v) is 8.65. The highest BCUT2D eigenvalue weighted by Gasteiger charge is 2.24. The quantitative estimate of drug-likeness (QED) is 0.303. The molecule has 0 fully saturated rings. The maximum absolute atomic E-state index is 14.5. The van der Waals surface area contributed by atoms with Gasteiger partial charge in [-0.3, -0.25) is 19.6 Å². The molecular weight excluding hydrogens is 504 g/mol. The molecule has 7 nitrogen and oxygen atoms in total. The Balaban J connectivity index is 1.39. The van der Waals surface area contributed by atoms with Crippen molar-refractivity contribution in [2.24, 2.45) is 0 Å². The Kier molecular flexibility index (Phi) is 6.08. The number of fused-ring (bicyclic) bond motifs is 2. The van der Waals surface area contributed by atoms with Gasteiger partial charge in [0.15, 0.2) is 0 Å². The van der Waals surface area contributed by atoms with Crippen molar-refractivity contribution in [2.45, 2.75) is 19.5 Å². The van der Waals surface area contributed by atoms with E-state index >= 15 is 0 Å². The number of aromatic nitrogens is 5. The number of benzene rings is 2. The van der Waals surface area contributed by atoms with Gasteiger partial charge >= 0.3 is 0 Å². The monoisotopic (exact) mass is 518 g/mol. The fraction of sp³-hybridized carbons (Fsp3) is 0.130. The lowest BCUT2D eigenvalue weighted by Crippen LogP contribution is -2.24. The first kappa shape index (κ1) is 23.1. The topological polar surface area (TPSA) is 88.5 Å². The highest BCUT2D eigenvalue weighted by Crippen LogP contribution is 2.25. The molecule has 2 aromatic carbocycles. The summed E-state index contributed by atoms with van der Waals surface area (Å²) in [5.41, 5.74) is 0.841. The second-order valence-electron chi connectivity index (χ2n) is 7.78. The third-order valence-corrected chi connectivity index (χ3v) is 5.81. The van der Waals surface area contributed by atoms with Crippen molar-refractivity contribution in [2.75, 3.05) is 0 Å². The van der Waals surface area contributed by atoms with Crippen molar-refractivity contribution in [1.29, 1.82) is 0 Å². The normalized spacial score (nSPS) is 11.6. The summed E-state index contributed by atoms with van der Waals surface area (Å²) in [5.74, 6) is -1.32. The molecule has 3 aromatic heterocycles. The Morgan fingerprint density at radius 3 is 2.77 bits per heavy atom. The minimum Gasteiger partial charge on any atom is -0.346 e. The van der Waals surface area contributed by atoms with Crippen molar-refractivity contribution in [3.63, 3.8) is 0 Å². The van der Waals surface area contributed by atoms with Crippen LogP contribution < -0.4 is 5.32 Å². The van der Waals surface area contributed by atoms with Crippen LogP contribution >= 0.6 is 23.2 Å². The number of carbonyl (C=O) groups excluding carboxylic acids is 1. The number of H-pyrrole nitrogens is 1. The summed E-state index contributed by atoms with van der Waals surface area (Å²) in [5, 5.41) is 15.4. The fourth-order valence-corrected chi connectivity index (χ4v) is 4.14. The Morgan fingerprint density at radius 2 is 1.97 bits per heavy atom. The zero-order valence-electron chi connectivity index (χ0n) is 17.7. The van der Waals surface area contributed by atoms with E-state index in [4.69, 9.17) is 23.2 Å². The minimum atomic E-state index is -2.99. The average Bonchev–Trinajstić information content (AvgIpc) is 3.41. The molecule has 35 heavy (non-hydrogen) atoms. The maximum atomic E-state index is 14.5. The van der Waals surface area contributed by atoms with E-state index in [1.807, 2.05) is 0 Å². The van der Waals surface area contributed by atoms with E-state index in [2.05, 4.69) is 25.6 Å². The van der Waals surface area contributed by atoms with E-state index in [0.29, 0.717) is 37.6 Å². The lowest BCUT2D eigenvalue weighted by Gasteiger charge is -2.06. The summed E-state index contributed by atoms with van der Waals surface area (Å²) in [6.45, 7) is -0.0385. The maximum Gasteiger partial charge on any atom is 0.282 e. The number of rotatable bonds is 6. The Labute approximate surface area is 205 Å². The fourth-order valence-electron chi connectivity index (χ4n) is 3.80. The summed E-state index contributed by atoms with van der Waals surface area (Å²) in [7, 11) is 0. The van der Waals surface area contributed by atoms with E-state index in [9.17, 15) is 18.0 Å². The van der Waals surface area contributed by atoms with E-state index in [0.717, 1.165) is 0 Å². The Morgan fingerprint density at radius 1 is 1.14 bits per heavy atom. The van der Waals surface area contributed by atoms with Gasteiger partial charge in [0.1, 0.15) is 17.0 Å². The lowest BCUT2D eigenvalue weighted by atomic mass is 10.1. The van der Waals surface area contributed by atoms with Crippen molar-refractivity contribution in [3.8, 4) is 0 Å². The zero-order valence-corrected chi connectivity index (χ0v) is 19.2. The molecule has 0 aliphatic carbocycles. The van der Waals surface area contributed by atoms with Crippen LogP contribution in [0.25, 0.3) is 21.8 Å². The van der Waals surface area contributed by atoms with Crippen LogP contribution in [0.5, 0.6) is 0 Å². The summed E-state index contributed by atoms with van der Waals surface area (Å²) >= 11 is 12.0. The standard InChI is InChI=1S/C23H15Cl2F3N6O/c24-13-1-2-18-15(6-13)19(32-31-18)8-30-23(35)16-10-34(33-21(16)22(27)28)9-11-3-12-5-14(25)7-29-20(12)17(26)4-11/h1-7,10,22H,8-9H2,(H,30,35)(H,31,32). The van der Waals surface area contributed by atoms with Gasteiger partial charge in [-0.05, 0) is 42.0 Å². The number of nitrogens with one attached hydrogen (secondary N) is 2. The molecule has 0 aliphatic heterocycles. The molecule has 0 saturated heterocycles. The highest BCUT2D eigenvalue weighted by atomic mass is 35.5. The molecule has 0 atom stereocenters. The number of pyridine rings is 1. The van der Waals surface area contributed by atoms with Crippen molar-refractivity contribution in [1.82, 2.24) is 30.3 Å². The van der Waals surface area contributed by atoms with E-state index < -0.39 is 23.8 Å². The molecule has 178 valence electrons. The summed E-state index contributed by atoms with van der Waals surface area (Å²) in [6, 6.07) is 9.52. The van der Waals surface area contributed by atoms with Gasteiger partial charge in [-0.1, -0.05) is 23.2 Å². The van der Waals surface area contributed by atoms with Crippen LogP contribution in [0.1, 0.15) is 33.7 Å². The number of aromatic amines is 1. The van der Waals surface area contributed by atoms with Crippen LogP contribution in [0.15, 0.2) is 48.8 Å². The van der Waals surface area contributed by atoms with Crippen molar-refractivity contribution < 1.29 is 18.0 Å². The summed E-state index contributed by atoms with van der Waals surface area (Å²) in [6.07, 6.45) is -0.447. The SMILES string of the molecule is O=C(NCc1[nH]nc2ccc(Cl)cc12)c1cn(Cc2cc(F)c3ncc(Cl)cc3c2)nc1C(F)F. The number of alkyl halides is 2. The molecule has 0 saturated carbocycles. The predicted octanol–water partition coefficient (Wildman–Crippen LogP) is 5.67. The van der Waals surface area contributed by atoms with Crippen LogP contribution in [-0.4, -0.2) is 30.9 Å². The van der Waals surface area contributed by atoms with Crippen LogP contribution in [0.2, 0.25) is 10.0 Å². The minimum absolute atomic E-state index is 0.00712. The average molecular weight is 519 g/mol. The van der Waals surface area contributed by atoms with E-state index in [1.165, 1.54) is 23.1 Å². The third kappa shape index (κ3) is 4.67. The van der Waals surface area contributed by atoms with Crippen LogP contribution in [0.3, 0.4) is 0 Å². The van der Waals surface area contributed by atoms with Crippen molar-refractivity contribution >= 4 is 50.9 Å². The molecule has 2 N–H and O–H groups in total. The highest BCUT2D eigenvalue weighted by molar-refractivity contribution is 6.31. The number of hydrogen-bond donors (Lipinski definition) is 2. The molecule has 0 spiro atoms. The van der Waals surface area contributed by atoms with Gasteiger partial charge in [-0.2, -0.15) is 10.2 Å². The van der Waals surface area contributed by atoms with Gasteiger partial charge in [0.05, 0.1) is 34.9 Å². The van der Waals surface area contributed by atoms with Crippen LogP contribution in [-0.2, 0) is 13.1 Å². The smallest absolute Gasteiger partial charge is 0.282 e. The molecule has 5 rings (SSSR count). The van der Waals surface area contributed by atoms with E-state index in [-0.39, 0.29) is 24.2 Å². The van der Waals surface area contributed by atoms with Gasteiger partial charge in [0.25, 0.3) is 12.3 Å². The van der Waals surface area contributed by atoms with Gasteiger partial charge in [0, 0.05) is 28.2 Å².